The Hall–Kier alpha value is -0.700. The van der Waals surface area contributed by atoms with Crippen molar-refractivity contribution in [1.29, 1.82) is 0 Å². The lowest BCUT2D eigenvalue weighted by atomic mass is 9.74. The zero-order valence-corrected chi connectivity index (χ0v) is 7.95. The van der Waals surface area contributed by atoms with Crippen molar-refractivity contribution in [2.75, 3.05) is 20.1 Å². The van der Waals surface area contributed by atoms with Crippen molar-refractivity contribution < 1.29 is 9.59 Å². The maximum absolute atomic E-state index is 11.5. The fraction of sp³-hybridized carbons (Fsp3) is 0.800. The highest BCUT2D eigenvalue weighted by molar-refractivity contribution is 6.02. The van der Waals surface area contributed by atoms with Crippen LogP contribution in [0.2, 0.25) is 0 Å². The molecular weight excluding hydrogens is 166 g/mol. The van der Waals surface area contributed by atoms with Gasteiger partial charge in [0.05, 0.1) is 6.42 Å². The van der Waals surface area contributed by atoms with Gasteiger partial charge in [-0.15, -0.1) is 0 Å². The number of hydrogen-bond donors (Lipinski definition) is 0. The van der Waals surface area contributed by atoms with Crippen molar-refractivity contribution in [3.8, 4) is 0 Å². The van der Waals surface area contributed by atoms with Crippen LogP contribution in [-0.2, 0) is 9.59 Å². The number of Topliss-reactive ketones (excluding diaryl/α,β-unsaturated/α-hetero) is 2. The lowest BCUT2D eigenvalue weighted by Gasteiger charge is -2.38. The summed E-state index contributed by atoms with van der Waals surface area (Å²) >= 11 is 0. The summed E-state index contributed by atoms with van der Waals surface area (Å²) in [6.45, 7) is 1.89. The highest BCUT2D eigenvalue weighted by atomic mass is 16.1. The van der Waals surface area contributed by atoms with Crippen LogP contribution >= 0.6 is 0 Å². The molecule has 0 aromatic carbocycles. The molecule has 0 bridgehead atoms. The van der Waals surface area contributed by atoms with Crippen LogP contribution in [0.4, 0.5) is 0 Å². The second-order valence-electron chi connectivity index (χ2n) is 4.30. The molecule has 1 aliphatic heterocycles. The van der Waals surface area contributed by atoms with Crippen molar-refractivity contribution in [1.82, 2.24) is 4.90 Å². The summed E-state index contributed by atoms with van der Waals surface area (Å²) in [5.41, 5.74) is 0. The number of rotatable bonds is 0. The fourth-order valence-corrected chi connectivity index (χ4v) is 2.46. The molecule has 0 N–H and O–H groups in total. The molecule has 2 unspecified atom stereocenters. The molecule has 0 amide bonds. The zero-order valence-electron chi connectivity index (χ0n) is 7.95. The SMILES string of the molecule is CN1CCC2CC(=O)CC(=O)C2C1. The van der Waals surface area contributed by atoms with E-state index in [1.165, 1.54) is 0 Å². The van der Waals surface area contributed by atoms with Crippen LogP contribution in [0.1, 0.15) is 19.3 Å². The molecule has 0 aromatic rings. The van der Waals surface area contributed by atoms with Gasteiger partial charge in [0.25, 0.3) is 0 Å². The molecule has 0 radical (unpaired) electrons. The van der Waals surface area contributed by atoms with Crippen LogP contribution in [0.3, 0.4) is 0 Å². The van der Waals surface area contributed by atoms with Crippen LogP contribution in [-0.4, -0.2) is 36.6 Å². The Morgan fingerprint density at radius 3 is 2.92 bits per heavy atom. The largest absolute Gasteiger partial charge is 0.306 e. The maximum atomic E-state index is 11.5. The van der Waals surface area contributed by atoms with Gasteiger partial charge in [0.15, 0.2) is 0 Å². The standard InChI is InChI=1S/C10H15NO2/c1-11-3-2-7-4-8(12)5-10(13)9(7)6-11/h7,9H,2-6H2,1H3. The van der Waals surface area contributed by atoms with Gasteiger partial charge in [0.2, 0.25) is 0 Å². The third-order valence-electron chi connectivity index (χ3n) is 3.23. The molecule has 1 saturated carbocycles. The minimum Gasteiger partial charge on any atom is -0.306 e. The summed E-state index contributed by atoms with van der Waals surface area (Å²) in [7, 11) is 2.04. The van der Waals surface area contributed by atoms with E-state index >= 15 is 0 Å². The zero-order chi connectivity index (χ0) is 9.42. The summed E-state index contributed by atoms with van der Waals surface area (Å²) in [5.74, 6) is 0.824. The number of fused-ring (bicyclic) bond motifs is 1. The van der Waals surface area contributed by atoms with E-state index in [-0.39, 0.29) is 23.9 Å². The number of carbonyl (C=O) groups is 2. The minimum atomic E-state index is 0.149. The third-order valence-corrected chi connectivity index (χ3v) is 3.23. The summed E-state index contributed by atoms with van der Waals surface area (Å²) in [5, 5.41) is 0. The van der Waals surface area contributed by atoms with Crippen molar-refractivity contribution in [3.63, 3.8) is 0 Å². The van der Waals surface area contributed by atoms with Gasteiger partial charge in [-0.05, 0) is 25.9 Å². The third kappa shape index (κ3) is 1.66. The highest BCUT2D eigenvalue weighted by Crippen LogP contribution is 2.31. The quantitative estimate of drug-likeness (QED) is 0.510. The molecule has 0 spiro atoms. The Balaban J connectivity index is 2.11. The van der Waals surface area contributed by atoms with E-state index in [4.69, 9.17) is 0 Å². The van der Waals surface area contributed by atoms with Crippen LogP contribution in [0.15, 0.2) is 0 Å². The summed E-state index contributed by atoms with van der Waals surface area (Å²) in [6.07, 6.45) is 1.85. The van der Waals surface area contributed by atoms with E-state index in [1.54, 1.807) is 0 Å². The van der Waals surface area contributed by atoms with Gasteiger partial charge in [-0.2, -0.15) is 0 Å². The molecule has 2 fully saturated rings. The van der Waals surface area contributed by atoms with Gasteiger partial charge in [-0.25, -0.2) is 0 Å². The lowest BCUT2D eigenvalue weighted by Crippen LogP contribution is -2.45. The number of likely N-dealkylation sites (tertiary alicyclic amines) is 1. The molecule has 1 heterocycles. The van der Waals surface area contributed by atoms with Gasteiger partial charge >= 0.3 is 0 Å². The van der Waals surface area contributed by atoms with Crippen molar-refractivity contribution in [2.24, 2.45) is 11.8 Å². The second-order valence-corrected chi connectivity index (χ2v) is 4.30. The molecule has 1 saturated heterocycles. The van der Waals surface area contributed by atoms with Gasteiger partial charge in [0, 0.05) is 18.9 Å². The van der Waals surface area contributed by atoms with Crippen LogP contribution < -0.4 is 0 Å². The van der Waals surface area contributed by atoms with Gasteiger partial charge in [-0.3, -0.25) is 9.59 Å². The van der Waals surface area contributed by atoms with E-state index in [1.807, 2.05) is 7.05 Å². The Bertz CT molecular complexity index is 249. The molecule has 0 aromatic heterocycles. The first-order valence-corrected chi connectivity index (χ1v) is 4.90. The lowest BCUT2D eigenvalue weighted by molar-refractivity contribution is -0.137. The van der Waals surface area contributed by atoms with E-state index < -0.39 is 0 Å². The first-order chi connectivity index (χ1) is 6.16. The molecule has 2 atom stereocenters. The Kier molecular flexibility index (Phi) is 2.20. The number of piperidine rings is 1. The van der Waals surface area contributed by atoms with Gasteiger partial charge in [0.1, 0.15) is 11.6 Å². The molecule has 3 nitrogen and oxygen atoms in total. The maximum Gasteiger partial charge on any atom is 0.144 e. The number of nitrogens with zero attached hydrogens (tertiary/aromatic N) is 1. The van der Waals surface area contributed by atoms with Gasteiger partial charge in [-0.1, -0.05) is 0 Å². The van der Waals surface area contributed by atoms with E-state index in [2.05, 4.69) is 4.90 Å². The Morgan fingerprint density at radius 1 is 1.38 bits per heavy atom. The summed E-state index contributed by atoms with van der Waals surface area (Å²) in [6, 6.07) is 0. The van der Waals surface area contributed by atoms with Crippen molar-refractivity contribution in [2.45, 2.75) is 19.3 Å². The molecule has 13 heavy (non-hydrogen) atoms. The molecule has 2 aliphatic rings. The predicted molar refractivity (Wildman–Crippen MR) is 48.3 cm³/mol. The number of ketones is 2. The first-order valence-electron chi connectivity index (χ1n) is 4.90. The first kappa shape index (κ1) is 8.88. The highest BCUT2D eigenvalue weighted by Gasteiger charge is 2.38. The fourth-order valence-electron chi connectivity index (χ4n) is 2.46. The molecule has 72 valence electrons. The Labute approximate surface area is 78.1 Å². The molecule has 3 heteroatoms. The van der Waals surface area contributed by atoms with E-state index in [0.717, 1.165) is 19.5 Å². The molecular formula is C10H15NO2. The van der Waals surface area contributed by atoms with E-state index in [9.17, 15) is 9.59 Å². The predicted octanol–water partition coefficient (Wildman–Crippen LogP) is 0.486. The molecule has 2 rings (SSSR count). The van der Waals surface area contributed by atoms with Crippen molar-refractivity contribution >= 4 is 11.6 Å². The minimum absolute atomic E-state index is 0.149. The number of hydrogen-bond acceptors (Lipinski definition) is 3. The number of carbonyl (C=O) groups excluding carboxylic acids is 2. The normalized spacial score (nSPS) is 36.1. The smallest absolute Gasteiger partial charge is 0.144 e. The molecule has 1 aliphatic carbocycles. The van der Waals surface area contributed by atoms with Crippen LogP contribution in [0, 0.1) is 11.8 Å². The van der Waals surface area contributed by atoms with E-state index in [0.29, 0.717) is 12.3 Å². The Morgan fingerprint density at radius 2 is 2.15 bits per heavy atom. The van der Waals surface area contributed by atoms with Gasteiger partial charge < -0.3 is 4.90 Å². The average molecular weight is 181 g/mol. The summed E-state index contributed by atoms with van der Waals surface area (Å²) in [4.78, 5) is 24.9. The summed E-state index contributed by atoms with van der Waals surface area (Å²) < 4.78 is 0. The topological polar surface area (TPSA) is 37.4 Å². The van der Waals surface area contributed by atoms with Crippen LogP contribution in [0.25, 0.3) is 0 Å². The average Bonchev–Trinajstić information content (AvgIpc) is 2.06. The monoisotopic (exact) mass is 181 g/mol. The van der Waals surface area contributed by atoms with Crippen LogP contribution in [0.5, 0.6) is 0 Å². The second kappa shape index (κ2) is 3.22. The van der Waals surface area contributed by atoms with Crippen molar-refractivity contribution in [3.05, 3.63) is 0 Å².